The Morgan fingerprint density at radius 3 is 3.08 bits per heavy atom. The molecule has 0 aliphatic carbocycles. The van der Waals surface area contributed by atoms with Gasteiger partial charge in [-0.25, -0.2) is 4.98 Å². The Morgan fingerprint density at radius 2 is 2.28 bits per heavy atom. The van der Waals surface area contributed by atoms with E-state index in [1.165, 1.54) is 28.5 Å². The Labute approximate surface area is 145 Å². The van der Waals surface area contributed by atoms with Crippen LogP contribution in [0.5, 0.6) is 0 Å². The van der Waals surface area contributed by atoms with E-state index < -0.39 is 0 Å². The van der Waals surface area contributed by atoms with Crippen molar-refractivity contribution >= 4 is 16.8 Å². The van der Waals surface area contributed by atoms with E-state index in [-0.39, 0.29) is 11.7 Å². The van der Waals surface area contributed by atoms with Crippen LogP contribution < -0.4 is 5.32 Å². The van der Waals surface area contributed by atoms with Gasteiger partial charge in [0.15, 0.2) is 0 Å². The lowest BCUT2D eigenvalue weighted by molar-refractivity contribution is 0.0937. The first kappa shape index (κ1) is 15.8. The van der Waals surface area contributed by atoms with Crippen molar-refractivity contribution in [3.8, 4) is 0 Å². The zero-order valence-electron chi connectivity index (χ0n) is 14.2. The number of para-hydroxylation sites is 1. The third-order valence-corrected chi connectivity index (χ3v) is 5.00. The van der Waals surface area contributed by atoms with Gasteiger partial charge < -0.3 is 10.3 Å². The second kappa shape index (κ2) is 6.68. The lowest BCUT2D eigenvalue weighted by Crippen LogP contribution is -2.31. The van der Waals surface area contributed by atoms with Crippen molar-refractivity contribution in [3.63, 3.8) is 0 Å². The Morgan fingerprint density at radius 1 is 1.40 bits per heavy atom. The van der Waals surface area contributed by atoms with E-state index in [1.54, 1.807) is 0 Å². The standard InChI is InChI=1S/C18H22N6O/c1-12-14-4-2-3-5-15(14)22-16(12)10-24-7-6-13(9-24)8-19-18(25)17-20-11-21-23-17/h2-5,11,13,22H,6-10H2,1H3,(H,19,25)(H,20,21,23)/t13-/m1/s1. The number of carbonyl (C=O) groups excluding carboxylic acids is 1. The lowest BCUT2D eigenvalue weighted by Gasteiger charge is -2.16. The highest BCUT2D eigenvalue weighted by Crippen LogP contribution is 2.24. The van der Waals surface area contributed by atoms with E-state index in [0.717, 1.165) is 26.1 Å². The van der Waals surface area contributed by atoms with Crippen molar-refractivity contribution in [1.82, 2.24) is 30.4 Å². The molecule has 1 fully saturated rings. The number of aromatic nitrogens is 4. The molecule has 7 nitrogen and oxygen atoms in total. The summed E-state index contributed by atoms with van der Waals surface area (Å²) in [6.07, 6.45) is 2.44. The van der Waals surface area contributed by atoms with Gasteiger partial charge in [0, 0.05) is 36.2 Å². The highest BCUT2D eigenvalue weighted by atomic mass is 16.2. The minimum atomic E-state index is -0.192. The molecule has 3 N–H and O–H groups in total. The summed E-state index contributed by atoms with van der Waals surface area (Å²) in [4.78, 5) is 21.8. The summed E-state index contributed by atoms with van der Waals surface area (Å²) >= 11 is 0. The Bertz CT molecular complexity index is 869. The number of hydrogen-bond acceptors (Lipinski definition) is 4. The number of H-pyrrole nitrogens is 2. The molecule has 4 rings (SSSR count). The number of hydrogen-bond donors (Lipinski definition) is 3. The van der Waals surface area contributed by atoms with E-state index in [1.807, 2.05) is 0 Å². The summed E-state index contributed by atoms with van der Waals surface area (Å²) in [5.41, 5.74) is 3.82. The predicted octanol–water partition coefficient (Wildman–Crippen LogP) is 1.85. The van der Waals surface area contributed by atoms with Crippen LogP contribution >= 0.6 is 0 Å². The molecule has 1 aliphatic heterocycles. The van der Waals surface area contributed by atoms with Crippen molar-refractivity contribution in [2.45, 2.75) is 19.9 Å². The third-order valence-electron chi connectivity index (χ3n) is 5.00. The number of carbonyl (C=O) groups is 1. The average molecular weight is 338 g/mol. The fourth-order valence-corrected chi connectivity index (χ4v) is 3.58. The van der Waals surface area contributed by atoms with Crippen LogP contribution in [0.2, 0.25) is 0 Å². The predicted molar refractivity (Wildman–Crippen MR) is 95.1 cm³/mol. The van der Waals surface area contributed by atoms with Crippen LogP contribution in [0.4, 0.5) is 0 Å². The van der Waals surface area contributed by atoms with Crippen LogP contribution in [0.15, 0.2) is 30.6 Å². The van der Waals surface area contributed by atoms with E-state index in [9.17, 15) is 4.79 Å². The Hall–Kier alpha value is -2.67. The van der Waals surface area contributed by atoms with Crippen LogP contribution in [0.25, 0.3) is 10.9 Å². The molecule has 130 valence electrons. The number of aromatic amines is 2. The van der Waals surface area contributed by atoms with Crippen molar-refractivity contribution in [2.24, 2.45) is 5.92 Å². The van der Waals surface area contributed by atoms with Gasteiger partial charge in [-0.1, -0.05) is 18.2 Å². The highest BCUT2D eigenvalue weighted by molar-refractivity contribution is 5.90. The first-order chi connectivity index (χ1) is 12.2. The normalized spacial score (nSPS) is 18.0. The fourth-order valence-electron chi connectivity index (χ4n) is 3.58. The van der Waals surface area contributed by atoms with Crippen molar-refractivity contribution in [1.29, 1.82) is 0 Å². The number of amides is 1. The molecule has 0 bridgehead atoms. The van der Waals surface area contributed by atoms with Crippen LogP contribution in [-0.2, 0) is 6.54 Å². The van der Waals surface area contributed by atoms with Crippen LogP contribution in [0, 0.1) is 12.8 Å². The largest absolute Gasteiger partial charge is 0.357 e. The molecule has 1 saturated heterocycles. The molecule has 1 amide bonds. The molecule has 0 radical (unpaired) electrons. The van der Waals surface area contributed by atoms with Crippen molar-refractivity contribution in [2.75, 3.05) is 19.6 Å². The Kier molecular flexibility index (Phi) is 4.23. The van der Waals surface area contributed by atoms with E-state index in [0.29, 0.717) is 12.5 Å². The van der Waals surface area contributed by atoms with Gasteiger partial charge in [-0.05, 0) is 37.4 Å². The second-order valence-electron chi connectivity index (χ2n) is 6.71. The molecule has 7 heteroatoms. The van der Waals surface area contributed by atoms with Crippen LogP contribution in [-0.4, -0.2) is 50.6 Å². The van der Waals surface area contributed by atoms with Crippen molar-refractivity contribution < 1.29 is 4.79 Å². The molecule has 1 aliphatic rings. The van der Waals surface area contributed by atoms with Gasteiger partial charge in [-0.2, -0.15) is 5.10 Å². The molecule has 3 heterocycles. The molecule has 0 spiro atoms. The van der Waals surface area contributed by atoms with Gasteiger partial charge in [0.25, 0.3) is 5.91 Å². The number of aryl methyl sites for hydroxylation is 1. The molecule has 1 aromatic carbocycles. The average Bonchev–Trinajstić information content (AvgIpc) is 3.35. The quantitative estimate of drug-likeness (QED) is 0.662. The number of rotatable bonds is 5. The van der Waals surface area contributed by atoms with Gasteiger partial charge >= 0.3 is 0 Å². The fraction of sp³-hybridized carbons (Fsp3) is 0.389. The van der Waals surface area contributed by atoms with E-state index in [2.05, 4.69) is 61.6 Å². The van der Waals surface area contributed by atoms with E-state index in [4.69, 9.17) is 0 Å². The smallest absolute Gasteiger partial charge is 0.288 e. The Balaban J connectivity index is 1.33. The molecule has 2 aromatic heterocycles. The maximum atomic E-state index is 11.9. The highest BCUT2D eigenvalue weighted by Gasteiger charge is 2.24. The minimum absolute atomic E-state index is 0.192. The molecule has 1 atom stereocenters. The van der Waals surface area contributed by atoms with Gasteiger partial charge in [0.1, 0.15) is 6.33 Å². The number of fused-ring (bicyclic) bond motifs is 1. The summed E-state index contributed by atoms with van der Waals surface area (Å²) in [6, 6.07) is 8.43. The first-order valence-corrected chi connectivity index (χ1v) is 8.63. The van der Waals surface area contributed by atoms with Gasteiger partial charge in [0.05, 0.1) is 0 Å². The molecule has 0 unspecified atom stereocenters. The summed E-state index contributed by atoms with van der Waals surface area (Å²) in [7, 11) is 0. The van der Waals surface area contributed by atoms with Gasteiger partial charge in [0.2, 0.25) is 5.82 Å². The molecule has 3 aromatic rings. The molecule has 25 heavy (non-hydrogen) atoms. The zero-order valence-corrected chi connectivity index (χ0v) is 14.2. The SMILES string of the molecule is Cc1c(CN2CC[C@H](CNC(=O)c3ncn[nH]3)C2)[nH]c2ccccc12. The number of likely N-dealkylation sites (tertiary alicyclic amines) is 1. The topological polar surface area (TPSA) is 89.7 Å². The second-order valence-corrected chi connectivity index (χ2v) is 6.71. The summed E-state index contributed by atoms with van der Waals surface area (Å²) in [5.74, 6) is 0.544. The number of nitrogens with zero attached hydrogens (tertiary/aromatic N) is 3. The van der Waals surface area contributed by atoms with Gasteiger partial charge in [-0.15, -0.1) is 0 Å². The number of benzene rings is 1. The van der Waals surface area contributed by atoms with Crippen LogP contribution in [0.1, 0.15) is 28.3 Å². The first-order valence-electron chi connectivity index (χ1n) is 8.63. The molecular formula is C18H22N6O. The van der Waals surface area contributed by atoms with Crippen molar-refractivity contribution in [3.05, 3.63) is 47.7 Å². The number of nitrogens with one attached hydrogen (secondary N) is 3. The van der Waals surface area contributed by atoms with Gasteiger partial charge in [-0.3, -0.25) is 14.8 Å². The van der Waals surface area contributed by atoms with Crippen LogP contribution in [0.3, 0.4) is 0 Å². The maximum absolute atomic E-state index is 11.9. The summed E-state index contributed by atoms with van der Waals surface area (Å²) in [6.45, 7) is 5.82. The van der Waals surface area contributed by atoms with E-state index >= 15 is 0 Å². The zero-order chi connectivity index (χ0) is 17.2. The minimum Gasteiger partial charge on any atom is -0.357 e. The maximum Gasteiger partial charge on any atom is 0.288 e. The monoisotopic (exact) mass is 338 g/mol. The lowest BCUT2D eigenvalue weighted by atomic mass is 10.1. The molecule has 0 saturated carbocycles. The third kappa shape index (κ3) is 3.28. The molecular weight excluding hydrogens is 316 g/mol. The summed E-state index contributed by atoms with van der Waals surface area (Å²) < 4.78 is 0. The summed E-state index contributed by atoms with van der Waals surface area (Å²) in [5, 5.41) is 10.5.